The van der Waals surface area contributed by atoms with Crippen molar-refractivity contribution in [3.8, 4) is 11.4 Å². The zero-order chi connectivity index (χ0) is 27.7. The molecule has 1 fully saturated rings. The monoisotopic (exact) mass is 550 g/mol. The van der Waals surface area contributed by atoms with Crippen LogP contribution >= 0.6 is 0 Å². The van der Waals surface area contributed by atoms with E-state index in [1.54, 1.807) is 42.1 Å². The lowest BCUT2D eigenvalue weighted by molar-refractivity contribution is -0.384. The van der Waals surface area contributed by atoms with E-state index in [2.05, 4.69) is 0 Å². The molecule has 0 unspecified atom stereocenters. The van der Waals surface area contributed by atoms with E-state index in [1.807, 2.05) is 9.40 Å². The smallest absolute Gasteiger partial charge is 0.279 e. The molecule has 0 atom stereocenters. The van der Waals surface area contributed by atoms with Gasteiger partial charge in [-0.1, -0.05) is 19.3 Å². The van der Waals surface area contributed by atoms with Crippen molar-refractivity contribution in [2.75, 3.05) is 7.11 Å². The summed E-state index contributed by atoms with van der Waals surface area (Å²) in [7, 11) is -2.74. The van der Waals surface area contributed by atoms with E-state index < -0.39 is 20.9 Å². The highest BCUT2D eigenvalue weighted by Gasteiger charge is 2.25. The van der Waals surface area contributed by atoms with E-state index >= 15 is 0 Å². The van der Waals surface area contributed by atoms with Gasteiger partial charge < -0.3 is 4.74 Å². The van der Waals surface area contributed by atoms with Gasteiger partial charge in [0.05, 0.1) is 39.6 Å². The fraction of sp³-hybridized carbons (Fsp3) is 0.259. The normalized spacial score (nSPS) is 14.3. The third-order valence-electron chi connectivity index (χ3n) is 6.97. The van der Waals surface area contributed by atoms with Crippen molar-refractivity contribution in [2.45, 2.75) is 43.0 Å². The topological polar surface area (TPSA) is 143 Å². The summed E-state index contributed by atoms with van der Waals surface area (Å²) in [4.78, 5) is 36.6. The van der Waals surface area contributed by atoms with Crippen molar-refractivity contribution < 1.29 is 22.9 Å². The second kappa shape index (κ2) is 10.4. The van der Waals surface area contributed by atoms with Crippen molar-refractivity contribution in [2.24, 2.45) is 0 Å². The predicted molar refractivity (Wildman–Crippen MR) is 144 cm³/mol. The van der Waals surface area contributed by atoms with Gasteiger partial charge in [-0.05, 0) is 67.4 Å². The number of ether oxygens (including phenoxy) is 1. The Kier molecular flexibility index (Phi) is 6.96. The van der Waals surface area contributed by atoms with E-state index in [-0.39, 0.29) is 33.1 Å². The van der Waals surface area contributed by atoms with Crippen LogP contribution in [-0.4, -0.2) is 35.7 Å². The number of nitrogens with zero attached hydrogens (tertiary/aromatic N) is 3. The second-order valence-electron chi connectivity index (χ2n) is 9.37. The Bertz CT molecular complexity index is 1720. The number of carbonyl (C=O) groups excluding carboxylic acids is 1. The molecule has 0 bridgehead atoms. The number of amides is 1. The fourth-order valence-corrected chi connectivity index (χ4v) is 5.98. The number of hydrogen-bond donors (Lipinski definition) is 1. The maximum atomic E-state index is 13.7. The maximum Gasteiger partial charge on any atom is 0.279 e. The number of nitro benzene ring substituents is 1. The van der Waals surface area contributed by atoms with E-state index in [0.717, 1.165) is 56.4 Å². The summed E-state index contributed by atoms with van der Waals surface area (Å²) in [5.41, 5.74) is 0.689. The molecule has 0 radical (unpaired) electrons. The van der Waals surface area contributed by atoms with Gasteiger partial charge in [-0.15, -0.1) is 0 Å². The van der Waals surface area contributed by atoms with Gasteiger partial charge in [0.15, 0.2) is 0 Å². The molecule has 1 heterocycles. The lowest BCUT2D eigenvalue weighted by atomic mass is 9.95. The molecule has 5 rings (SSSR count). The Morgan fingerprint density at radius 2 is 1.67 bits per heavy atom. The number of sulfonamides is 1. The van der Waals surface area contributed by atoms with Crippen molar-refractivity contribution in [3.63, 3.8) is 0 Å². The number of benzene rings is 3. The van der Waals surface area contributed by atoms with Gasteiger partial charge in [0.1, 0.15) is 5.75 Å². The van der Waals surface area contributed by atoms with Gasteiger partial charge in [-0.25, -0.2) is 17.8 Å². The summed E-state index contributed by atoms with van der Waals surface area (Å²) in [5, 5.41) is 11.1. The first kappa shape index (κ1) is 26.2. The molecule has 1 aliphatic carbocycles. The third-order valence-corrected chi connectivity index (χ3v) is 8.31. The average Bonchev–Trinajstić information content (AvgIpc) is 3.24. The molecule has 1 aliphatic rings. The SMILES string of the molecule is COc1ccc(-n2c(=O)c3cc(C(=O)NS(=O)(=O)c4ccc([N+](=O)[O-])cc4)ccc3n2C2CCCCC2)cc1. The molecule has 11 nitrogen and oxygen atoms in total. The lowest BCUT2D eigenvalue weighted by Crippen LogP contribution is -2.30. The quantitative estimate of drug-likeness (QED) is 0.266. The summed E-state index contributed by atoms with van der Waals surface area (Å²) in [6.07, 6.45) is 5.05. The minimum absolute atomic E-state index is 0.00670. The van der Waals surface area contributed by atoms with Crippen LogP contribution in [0.15, 0.2) is 76.4 Å². The van der Waals surface area contributed by atoms with E-state index in [4.69, 9.17) is 4.74 Å². The van der Waals surface area contributed by atoms with Gasteiger partial charge in [0.2, 0.25) is 0 Å². The molecule has 1 amide bonds. The maximum absolute atomic E-state index is 13.7. The van der Waals surface area contributed by atoms with Gasteiger partial charge in [-0.3, -0.25) is 24.4 Å². The Labute approximate surface area is 223 Å². The number of nitro groups is 1. The Morgan fingerprint density at radius 1 is 1.00 bits per heavy atom. The fourth-order valence-electron chi connectivity index (χ4n) is 5.01. The first-order chi connectivity index (χ1) is 18.7. The van der Waals surface area contributed by atoms with Crippen LogP contribution in [0.3, 0.4) is 0 Å². The van der Waals surface area contributed by atoms with Gasteiger partial charge >= 0.3 is 0 Å². The van der Waals surface area contributed by atoms with Crippen LogP contribution < -0.4 is 15.0 Å². The molecular weight excluding hydrogens is 524 g/mol. The van der Waals surface area contributed by atoms with E-state index in [9.17, 15) is 28.1 Å². The van der Waals surface area contributed by atoms with Crippen molar-refractivity contribution in [3.05, 3.63) is 92.8 Å². The highest BCUT2D eigenvalue weighted by Crippen LogP contribution is 2.32. The molecule has 1 aromatic heterocycles. The molecular formula is C27H26N4O7S. The zero-order valence-electron chi connectivity index (χ0n) is 21.1. The van der Waals surface area contributed by atoms with Crippen LogP contribution in [0.1, 0.15) is 48.5 Å². The zero-order valence-corrected chi connectivity index (χ0v) is 21.9. The van der Waals surface area contributed by atoms with Crippen molar-refractivity contribution >= 4 is 32.5 Å². The largest absolute Gasteiger partial charge is 0.497 e. The van der Waals surface area contributed by atoms with Crippen LogP contribution in [0, 0.1) is 10.1 Å². The molecule has 4 aromatic rings. The van der Waals surface area contributed by atoms with Crippen LogP contribution in [0.4, 0.5) is 5.69 Å². The Hall–Kier alpha value is -4.45. The highest BCUT2D eigenvalue weighted by atomic mass is 32.2. The predicted octanol–water partition coefficient (Wildman–Crippen LogP) is 4.33. The molecule has 202 valence electrons. The third kappa shape index (κ3) is 5.02. The minimum Gasteiger partial charge on any atom is -0.497 e. The summed E-state index contributed by atoms with van der Waals surface area (Å²) < 4.78 is 36.3. The lowest BCUT2D eigenvalue weighted by Gasteiger charge is -2.26. The molecule has 0 aliphatic heterocycles. The molecule has 12 heteroatoms. The van der Waals surface area contributed by atoms with Crippen LogP contribution in [0.2, 0.25) is 0 Å². The Morgan fingerprint density at radius 3 is 2.28 bits per heavy atom. The standard InChI is InChI=1S/C27H26N4O7S/c1-38-22-12-8-20(9-13-22)30-27(33)24-17-18(7-16-25(24)29(30)19-5-3-2-4-6-19)26(32)28-39(36,37)23-14-10-21(11-15-23)31(34)35/h7-17,19H,2-6H2,1H3,(H,28,32). The van der Waals surface area contributed by atoms with E-state index in [0.29, 0.717) is 17.0 Å². The molecule has 1 N–H and O–H groups in total. The number of rotatable bonds is 7. The van der Waals surface area contributed by atoms with Crippen LogP contribution in [-0.2, 0) is 10.0 Å². The van der Waals surface area contributed by atoms with Crippen LogP contribution in [0.25, 0.3) is 16.6 Å². The molecule has 0 spiro atoms. The number of nitrogens with one attached hydrogen (secondary N) is 1. The number of hydrogen-bond acceptors (Lipinski definition) is 7. The number of carbonyl (C=O) groups is 1. The number of non-ortho nitro benzene ring substituents is 1. The van der Waals surface area contributed by atoms with Gasteiger partial charge in [0, 0.05) is 17.7 Å². The molecule has 1 saturated carbocycles. The molecule has 3 aromatic carbocycles. The number of aromatic nitrogens is 2. The minimum atomic E-state index is -4.31. The van der Waals surface area contributed by atoms with Gasteiger partial charge in [-0.2, -0.15) is 0 Å². The number of fused-ring (bicyclic) bond motifs is 1. The summed E-state index contributed by atoms with van der Waals surface area (Å²) >= 11 is 0. The van der Waals surface area contributed by atoms with E-state index in [1.165, 1.54) is 12.1 Å². The van der Waals surface area contributed by atoms with Crippen molar-refractivity contribution in [1.29, 1.82) is 0 Å². The van der Waals surface area contributed by atoms with Crippen LogP contribution in [0.5, 0.6) is 5.75 Å². The first-order valence-electron chi connectivity index (χ1n) is 12.4. The Balaban J connectivity index is 1.54. The van der Waals surface area contributed by atoms with Crippen molar-refractivity contribution in [1.82, 2.24) is 14.1 Å². The molecule has 39 heavy (non-hydrogen) atoms. The number of methoxy groups -OCH3 is 1. The summed E-state index contributed by atoms with van der Waals surface area (Å²) in [6, 6.07) is 16.0. The second-order valence-corrected chi connectivity index (χ2v) is 11.1. The average molecular weight is 551 g/mol. The summed E-state index contributed by atoms with van der Waals surface area (Å²) in [6.45, 7) is 0. The van der Waals surface area contributed by atoms with Gasteiger partial charge in [0.25, 0.3) is 27.2 Å². The summed E-state index contributed by atoms with van der Waals surface area (Å²) in [5.74, 6) is -0.267. The molecule has 0 saturated heterocycles. The highest BCUT2D eigenvalue weighted by molar-refractivity contribution is 7.90. The first-order valence-corrected chi connectivity index (χ1v) is 13.9.